The van der Waals surface area contributed by atoms with Gasteiger partial charge in [0.05, 0.1) is 0 Å². The fourth-order valence-electron chi connectivity index (χ4n) is 2.23. The van der Waals surface area contributed by atoms with Crippen LogP contribution >= 0.6 is 0 Å². The van der Waals surface area contributed by atoms with Crippen LogP contribution < -0.4 is 0 Å². The summed E-state index contributed by atoms with van der Waals surface area (Å²) in [5.41, 5.74) is 2.32. The molecule has 0 unspecified atom stereocenters. The predicted molar refractivity (Wildman–Crippen MR) is 67.9 cm³/mol. The van der Waals surface area contributed by atoms with E-state index in [2.05, 4.69) is 31.0 Å². The average Bonchev–Trinajstić information content (AvgIpc) is 2.33. The molecule has 92 valence electrons. The molecule has 1 fully saturated rings. The van der Waals surface area contributed by atoms with Crippen molar-refractivity contribution in [2.45, 2.75) is 38.5 Å². The zero-order chi connectivity index (χ0) is 12.4. The van der Waals surface area contributed by atoms with E-state index in [1.165, 1.54) is 5.56 Å². The summed E-state index contributed by atoms with van der Waals surface area (Å²) in [6.07, 6.45) is 3.61. The highest BCUT2D eigenvalue weighted by Crippen LogP contribution is 2.28. The Morgan fingerprint density at radius 3 is 2.71 bits per heavy atom. The summed E-state index contributed by atoms with van der Waals surface area (Å²) in [4.78, 5) is 17.9. The zero-order valence-corrected chi connectivity index (χ0v) is 10.8. The summed E-state index contributed by atoms with van der Waals surface area (Å²) in [6.45, 7) is 5.14. The summed E-state index contributed by atoms with van der Waals surface area (Å²) in [7, 11) is 1.87. The Kier molecular flexibility index (Phi) is 3.46. The standard InChI is InChI=1S/C14H20N2O/c1-10(2)13-5-4-12(9-15-13)11-6-7-16(3)14(17)8-11/h4-5,9-11H,6-8H2,1-3H3/t11-/m1/s1. The van der Waals surface area contributed by atoms with Crippen LogP contribution in [0.25, 0.3) is 0 Å². The maximum Gasteiger partial charge on any atom is 0.222 e. The molecule has 0 bridgehead atoms. The number of likely N-dealkylation sites (tertiary alicyclic amines) is 1. The monoisotopic (exact) mass is 232 g/mol. The number of rotatable bonds is 2. The minimum absolute atomic E-state index is 0.245. The second-order valence-corrected chi connectivity index (χ2v) is 5.18. The Morgan fingerprint density at radius 1 is 1.41 bits per heavy atom. The summed E-state index contributed by atoms with van der Waals surface area (Å²) in [6, 6.07) is 4.22. The topological polar surface area (TPSA) is 33.2 Å². The highest BCUT2D eigenvalue weighted by atomic mass is 16.2. The van der Waals surface area contributed by atoms with Crippen molar-refractivity contribution in [2.75, 3.05) is 13.6 Å². The lowest BCUT2D eigenvalue weighted by Gasteiger charge is -2.28. The Labute approximate surface area is 103 Å². The van der Waals surface area contributed by atoms with Crippen LogP contribution in [0.4, 0.5) is 0 Å². The number of piperidine rings is 1. The van der Waals surface area contributed by atoms with Crippen LogP contribution in [0.1, 0.15) is 49.8 Å². The SMILES string of the molecule is CC(C)c1ccc([C@@H]2CCN(C)C(=O)C2)cn1. The van der Waals surface area contributed by atoms with Crippen LogP contribution in [-0.4, -0.2) is 29.4 Å². The maximum atomic E-state index is 11.7. The van der Waals surface area contributed by atoms with Crippen LogP contribution in [0.3, 0.4) is 0 Å². The summed E-state index contributed by atoms with van der Waals surface area (Å²) < 4.78 is 0. The van der Waals surface area contributed by atoms with Gasteiger partial charge in [0, 0.05) is 31.9 Å². The van der Waals surface area contributed by atoms with Crippen LogP contribution in [0.15, 0.2) is 18.3 Å². The molecule has 2 rings (SSSR count). The molecule has 3 nitrogen and oxygen atoms in total. The second-order valence-electron chi connectivity index (χ2n) is 5.18. The van der Waals surface area contributed by atoms with Crippen molar-refractivity contribution < 1.29 is 4.79 Å². The van der Waals surface area contributed by atoms with E-state index in [4.69, 9.17) is 0 Å². The lowest BCUT2D eigenvalue weighted by molar-refractivity contribution is -0.132. The zero-order valence-electron chi connectivity index (χ0n) is 10.8. The van der Waals surface area contributed by atoms with Crippen molar-refractivity contribution >= 4 is 5.91 Å². The molecule has 0 N–H and O–H groups in total. The maximum absolute atomic E-state index is 11.7. The third-order valence-electron chi connectivity index (χ3n) is 3.53. The number of carbonyl (C=O) groups is 1. The van der Waals surface area contributed by atoms with Gasteiger partial charge in [-0.15, -0.1) is 0 Å². The summed E-state index contributed by atoms with van der Waals surface area (Å²) in [5.74, 6) is 1.06. The first-order chi connectivity index (χ1) is 8.08. The van der Waals surface area contributed by atoms with E-state index < -0.39 is 0 Å². The lowest BCUT2D eigenvalue weighted by Crippen LogP contribution is -2.34. The molecule has 3 heteroatoms. The number of pyridine rings is 1. The molecule has 0 saturated carbocycles. The Morgan fingerprint density at radius 2 is 2.18 bits per heavy atom. The third kappa shape index (κ3) is 2.65. The average molecular weight is 232 g/mol. The van der Waals surface area contributed by atoms with Gasteiger partial charge in [0.25, 0.3) is 0 Å². The van der Waals surface area contributed by atoms with E-state index in [1.54, 1.807) is 0 Å². The van der Waals surface area contributed by atoms with Crippen LogP contribution in [-0.2, 0) is 4.79 Å². The van der Waals surface area contributed by atoms with Gasteiger partial charge in [-0.05, 0) is 29.9 Å². The lowest BCUT2D eigenvalue weighted by atomic mass is 9.90. The summed E-state index contributed by atoms with van der Waals surface area (Å²) in [5, 5.41) is 0. The minimum Gasteiger partial charge on any atom is -0.346 e. The minimum atomic E-state index is 0.245. The molecule has 1 aliphatic heterocycles. The van der Waals surface area contributed by atoms with Gasteiger partial charge in [0.1, 0.15) is 0 Å². The molecule has 0 spiro atoms. The fourth-order valence-corrected chi connectivity index (χ4v) is 2.23. The normalized spacial score (nSPS) is 21.1. The smallest absolute Gasteiger partial charge is 0.222 e. The van der Waals surface area contributed by atoms with Crippen LogP contribution in [0, 0.1) is 0 Å². The molecule has 1 aliphatic rings. The highest BCUT2D eigenvalue weighted by molar-refractivity contribution is 5.77. The number of nitrogens with zero attached hydrogens (tertiary/aromatic N) is 2. The van der Waals surface area contributed by atoms with Crippen molar-refractivity contribution in [3.63, 3.8) is 0 Å². The number of carbonyl (C=O) groups excluding carboxylic acids is 1. The van der Waals surface area contributed by atoms with E-state index in [0.717, 1.165) is 18.7 Å². The van der Waals surface area contributed by atoms with E-state index in [9.17, 15) is 4.79 Å². The van der Waals surface area contributed by atoms with Gasteiger partial charge in [-0.2, -0.15) is 0 Å². The second kappa shape index (κ2) is 4.86. The molecule has 2 heterocycles. The Balaban J connectivity index is 2.10. The Hall–Kier alpha value is -1.38. The highest BCUT2D eigenvalue weighted by Gasteiger charge is 2.24. The fraction of sp³-hybridized carbons (Fsp3) is 0.571. The number of amides is 1. The predicted octanol–water partition coefficient (Wildman–Crippen LogP) is 2.54. The molecule has 0 aromatic carbocycles. The Bertz CT molecular complexity index is 397. The number of hydrogen-bond acceptors (Lipinski definition) is 2. The van der Waals surface area contributed by atoms with Crippen molar-refractivity contribution in [1.29, 1.82) is 0 Å². The van der Waals surface area contributed by atoms with E-state index >= 15 is 0 Å². The van der Waals surface area contributed by atoms with Gasteiger partial charge in [0.15, 0.2) is 0 Å². The third-order valence-corrected chi connectivity index (χ3v) is 3.53. The van der Waals surface area contributed by atoms with Crippen molar-refractivity contribution in [3.05, 3.63) is 29.6 Å². The van der Waals surface area contributed by atoms with Crippen molar-refractivity contribution in [2.24, 2.45) is 0 Å². The molecule has 1 atom stereocenters. The van der Waals surface area contributed by atoms with Crippen LogP contribution in [0.5, 0.6) is 0 Å². The molecular weight excluding hydrogens is 212 g/mol. The molecule has 1 aromatic heterocycles. The molecule has 1 saturated heterocycles. The van der Waals surface area contributed by atoms with Gasteiger partial charge in [-0.3, -0.25) is 9.78 Å². The van der Waals surface area contributed by atoms with Gasteiger partial charge < -0.3 is 4.90 Å². The molecule has 0 aliphatic carbocycles. The largest absolute Gasteiger partial charge is 0.346 e. The van der Waals surface area contributed by atoms with E-state index in [0.29, 0.717) is 18.3 Å². The van der Waals surface area contributed by atoms with Gasteiger partial charge in [0.2, 0.25) is 5.91 Å². The summed E-state index contributed by atoms with van der Waals surface area (Å²) >= 11 is 0. The quantitative estimate of drug-likeness (QED) is 0.785. The molecular formula is C14H20N2O. The number of hydrogen-bond donors (Lipinski definition) is 0. The van der Waals surface area contributed by atoms with Gasteiger partial charge in [-0.25, -0.2) is 0 Å². The molecule has 0 radical (unpaired) electrons. The molecule has 1 aromatic rings. The number of aromatic nitrogens is 1. The molecule has 17 heavy (non-hydrogen) atoms. The van der Waals surface area contributed by atoms with Crippen LogP contribution in [0.2, 0.25) is 0 Å². The van der Waals surface area contributed by atoms with Gasteiger partial charge >= 0.3 is 0 Å². The molecule has 1 amide bonds. The van der Waals surface area contributed by atoms with Crippen molar-refractivity contribution in [3.8, 4) is 0 Å². The first kappa shape index (κ1) is 12.1. The van der Waals surface area contributed by atoms with E-state index in [1.807, 2.05) is 18.1 Å². The first-order valence-electron chi connectivity index (χ1n) is 6.27. The van der Waals surface area contributed by atoms with Gasteiger partial charge in [-0.1, -0.05) is 19.9 Å². The first-order valence-corrected chi connectivity index (χ1v) is 6.27. The van der Waals surface area contributed by atoms with Crippen molar-refractivity contribution in [1.82, 2.24) is 9.88 Å². The van der Waals surface area contributed by atoms with E-state index in [-0.39, 0.29) is 5.91 Å².